The largest absolute Gasteiger partial charge is 0.433 e. The first-order chi connectivity index (χ1) is 16.1. The summed E-state index contributed by atoms with van der Waals surface area (Å²) < 4.78 is 44.6. The summed E-state index contributed by atoms with van der Waals surface area (Å²) in [4.78, 5) is 17.0. The molecule has 0 bridgehead atoms. The molecule has 0 atom stereocenters. The summed E-state index contributed by atoms with van der Waals surface area (Å²) >= 11 is 3.38. The zero-order valence-electron chi connectivity index (χ0n) is 18.7. The number of benzene rings is 1. The molecule has 0 saturated heterocycles. The lowest BCUT2D eigenvalue weighted by atomic mass is 10.0. The molecular weight excluding hydrogens is 513 g/mol. The first-order valence-electron chi connectivity index (χ1n) is 10.6. The SMILES string of the molecule is CCn1cc(Br)c(CNC(=O)c2cc3nc(-c4ccc(C(C)C)cc4)cc(C(F)(F)F)n3n2)n1. The smallest absolute Gasteiger partial charge is 0.345 e. The van der Waals surface area contributed by atoms with Crippen molar-refractivity contribution < 1.29 is 18.0 Å². The quantitative estimate of drug-likeness (QED) is 0.357. The average Bonchev–Trinajstić information content (AvgIpc) is 3.39. The van der Waals surface area contributed by atoms with Gasteiger partial charge in [-0.1, -0.05) is 38.1 Å². The number of halogens is 4. The van der Waals surface area contributed by atoms with Crippen LogP contribution in [-0.4, -0.2) is 30.3 Å². The number of carbonyl (C=O) groups excluding carboxylic acids is 1. The number of aryl methyl sites for hydroxylation is 1. The third kappa shape index (κ3) is 4.84. The first-order valence-corrected chi connectivity index (χ1v) is 11.4. The molecule has 0 fully saturated rings. The molecule has 1 N–H and O–H groups in total. The lowest BCUT2D eigenvalue weighted by Gasteiger charge is -2.11. The van der Waals surface area contributed by atoms with Gasteiger partial charge in [-0.05, 0) is 40.4 Å². The Hall–Kier alpha value is -3.21. The lowest BCUT2D eigenvalue weighted by Crippen LogP contribution is -2.24. The van der Waals surface area contributed by atoms with Crippen molar-refractivity contribution >= 4 is 27.5 Å². The van der Waals surface area contributed by atoms with E-state index in [1.54, 1.807) is 23.0 Å². The van der Waals surface area contributed by atoms with Crippen molar-refractivity contribution in [3.05, 3.63) is 69.7 Å². The second-order valence-electron chi connectivity index (χ2n) is 8.06. The fourth-order valence-electron chi connectivity index (χ4n) is 3.45. The number of amides is 1. The topological polar surface area (TPSA) is 77.1 Å². The van der Waals surface area contributed by atoms with Crippen LogP contribution in [0.2, 0.25) is 0 Å². The molecule has 11 heteroatoms. The zero-order valence-corrected chi connectivity index (χ0v) is 20.3. The fourth-order valence-corrected chi connectivity index (χ4v) is 3.90. The van der Waals surface area contributed by atoms with Gasteiger partial charge >= 0.3 is 6.18 Å². The summed E-state index contributed by atoms with van der Waals surface area (Å²) in [5, 5.41) is 10.9. The molecular formula is C23H22BrF3N6O. The Kier molecular flexibility index (Phi) is 6.48. The van der Waals surface area contributed by atoms with Crippen LogP contribution in [0.4, 0.5) is 13.2 Å². The molecule has 7 nitrogen and oxygen atoms in total. The molecule has 0 saturated carbocycles. The highest BCUT2D eigenvalue weighted by Gasteiger charge is 2.35. The number of aromatic nitrogens is 5. The monoisotopic (exact) mass is 534 g/mol. The number of carbonyl (C=O) groups is 1. The van der Waals surface area contributed by atoms with Crippen molar-refractivity contribution in [3.8, 4) is 11.3 Å². The number of rotatable bonds is 6. The third-order valence-electron chi connectivity index (χ3n) is 5.35. The highest BCUT2D eigenvalue weighted by molar-refractivity contribution is 9.10. The molecule has 1 amide bonds. The van der Waals surface area contributed by atoms with Crippen LogP contribution in [0.1, 0.15) is 54.1 Å². The number of alkyl halides is 3. The molecule has 0 unspecified atom stereocenters. The van der Waals surface area contributed by atoms with Gasteiger partial charge in [0.1, 0.15) is 0 Å². The van der Waals surface area contributed by atoms with Gasteiger partial charge in [0.05, 0.1) is 22.4 Å². The number of nitrogens with zero attached hydrogens (tertiary/aromatic N) is 5. The molecule has 0 aliphatic rings. The minimum absolute atomic E-state index is 0.0700. The van der Waals surface area contributed by atoms with Crippen LogP contribution in [0.15, 0.2) is 47.1 Å². The Morgan fingerprint density at radius 2 is 1.85 bits per heavy atom. The summed E-state index contributed by atoms with van der Waals surface area (Å²) in [7, 11) is 0. The first kappa shape index (κ1) is 23.9. The molecule has 0 aliphatic carbocycles. The van der Waals surface area contributed by atoms with Crippen LogP contribution in [0.25, 0.3) is 16.9 Å². The normalized spacial score (nSPS) is 12.0. The average molecular weight is 535 g/mol. The number of nitrogens with one attached hydrogen (secondary N) is 1. The van der Waals surface area contributed by atoms with Gasteiger partial charge in [0.2, 0.25) is 0 Å². The van der Waals surface area contributed by atoms with E-state index < -0.39 is 17.8 Å². The van der Waals surface area contributed by atoms with Crippen molar-refractivity contribution in [1.29, 1.82) is 0 Å². The van der Waals surface area contributed by atoms with Crippen LogP contribution >= 0.6 is 15.9 Å². The molecule has 178 valence electrons. The summed E-state index contributed by atoms with van der Waals surface area (Å²) in [5.41, 5.74) is 1.11. The predicted molar refractivity (Wildman–Crippen MR) is 124 cm³/mol. The van der Waals surface area contributed by atoms with E-state index in [0.29, 0.717) is 28.2 Å². The van der Waals surface area contributed by atoms with Crippen LogP contribution in [0, 0.1) is 0 Å². The Morgan fingerprint density at radius 1 is 1.15 bits per heavy atom. The van der Waals surface area contributed by atoms with Crippen molar-refractivity contribution in [1.82, 2.24) is 29.7 Å². The second kappa shape index (κ2) is 9.21. The third-order valence-corrected chi connectivity index (χ3v) is 6.01. The zero-order chi connectivity index (χ0) is 24.6. The Bertz CT molecular complexity index is 1340. The molecule has 4 rings (SSSR count). The summed E-state index contributed by atoms with van der Waals surface area (Å²) in [6, 6.07) is 9.41. The summed E-state index contributed by atoms with van der Waals surface area (Å²) in [6.45, 7) is 6.75. The molecule has 0 aliphatic heterocycles. The predicted octanol–water partition coefficient (Wildman–Crippen LogP) is 5.45. The van der Waals surface area contributed by atoms with Gasteiger partial charge in [-0.25, -0.2) is 9.50 Å². The van der Waals surface area contributed by atoms with E-state index in [1.165, 1.54) is 6.07 Å². The van der Waals surface area contributed by atoms with E-state index in [4.69, 9.17) is 0 Å². The van der Waals surface area contributed by atoms with Crippen molar-refractivity contribution in [2.75, 3.05) is 0 Å². The Labute approximate surface area is 202 Å². The molecule has 34 heavy (non-hydrogen) atoms. The standard InChI is InChI=1S/C23H22BrF3N6O/c1-4-32-12-16(24)19(30-32)11-28-22(34)18-10-21-29-17(9-20(23(25,26)27)33(21)31-18)15-7-5-14(6-8-15)13(2)3/h5-10,12-13H,4,11H2,1-3H3,(H,28,34). The van der Waals surface area contributed by atoms with E-state index in [9.17, 15) is 18.0 Å². The van der Waals surface area contributed by atoms with E-state index >= 15 is 0 Å². The summed E-state index contributed by atoms with van der Waals surface area (Å²) in [5.74, 6) is -0.332. The van der Waals surface area contributed by atoms with Crippen LogP contribution in [-0.2, 0) is 19.3 Å². The van der Waals surface area contributed by atoms with Crippen molar-refractivity contribution in [3.63, 3.8) is 0 Å². The number of hydrogen-bond acceptors (Lipinski definition) is 4. The van der Waals surface area contributed by atoms with Gasteiger partial charge in [-0.3, -0.25) is 9.48 Å². The van der Waals surface area contributed by atoms with Crippen LogP contribution < -0.4 is 5.32 Å². The lowest BCUT2D eigenvalue weighted by molar-refractivity contribution is -0.142. The van der Waals surface area contributed by atoms with Crippen molar-refractivity contribution in [2.45, 2.75) is 46.0 Å². The van der Waals surface area contributed by atoms with Gasteiger partial charge in [0, 0.05) is 24.4 Å². The summed E-state index contributed by atoms with van der Waals surface area (Å²) in [6.07, 6.45) is -2.91. The van der Waals surface area contributed by atoms with Crippen molar-refractivity contribution in [2.24, 2.45) is 0 Å². The molecule has 0 spiro atoms. The van der Waals surface area contributed by atoms with E-state index in [-0.39, 0.29) is 23.6 Å². The maximum Gasteiger partial charge on any atom is 0.433 e. The van der Waals surface area contributed by atoms with Gasteiger partial charge in [0.25, 0.3) is 5.91 Å². The Morgan fingerprint density at radius 3 is 2.44 bits per heavy atom. The van der Waals surface area contributed by atoms with Crippen LogP contribution in [0.5, 0.6) is 0 Å². The molecule has 0 radical (unpaired) electrons. The van der Waals surface area contributed by atoms with Gasteiger partial charge in [-0.15, -0.1) is 0 Å². The maximum atomic E-state index is 13.8. The maximum absolute atomic E-state index is 13.8. The van der Waals surface area contributed by atoms with Crippen LogP contribution in [0.3, 0.4) is 0 Å². The fraction of sp³-hybridized carbons (Fsp3) is 0.304. The second-order valence-corrected chi connectivity index (χ2v) is 8.92. The highest BCUT2D eigenvalue weighted by atomic mass is 79.9. The number of fused-ring (bicyclic) bond motifs is 1. The number of hydrogen-bond donors (Lipinski definition) is 1. The Balaban J connectivity index is 1.67. The molecule has 4 aromatic rings. The minimum Gasteiger partial charge on any atom is -0.345 e. The molecule has 3 aromatic heterocycles. The molecule has 1 aromatic carbocycles. The van der Waals surface area contributed by atoms with E-state index in [1.807, 2.05) is 32.9 Å². The van der Waals surface area contributed by atoms with Gasteiger partial charge < -0.3 is 5.32 Å². The minimum atomic E-state index is -4.69. The van der Waals surface area contributed by atoms with E-state index in [0.717, 1.165) is 16.1 Å². The van der Waals surface area contributed by atoms with E-state index in [2.05, 4.69) is 36.4 Å². The molecule has 3 heterocycles. The highest BCUT2D eigenvalue weighted by Crippen LogP contribution is 2.32. The van der Waals surface area contributed by atoms with Gasteiger partial charge in [0.15, 0.2) is 17.0 Å². The van der Waals surface area contributed by atoms with Gasteiger partial charge in [-0.2, -0.15) is 23.4 Å².